The summed E-state index contributed by atoms with van der Waals surface area (Å²) in [6.07, 6.45) is 5.49. The number of aromatic nitrogens is 1. The number of furan rings is 1. The third kappa shape index (κ3) is 2.92. The van der Waals surface area contributed by atoms with E-state index >= 15 is 0 Å². The lowest BCUT2D eigenvalue weighted by atomic mass is 9.75. The maximum Gasteiger partial charge on any atom is 0.216 e. The van der Waals surface area contributed by atoms with Gasteiger partial charge < -0.3 is 9.15 Å². The molecule has 0 radical (unpaired) electrons. The van der Waals surface area contributed by atoms with E-state index in [1.54, 1.807) is 0 Å². The largest absolute Gasteiger partial charge is 0.497 e. The second-order valence-corrected chi connectivity index (χ2v) is 11.1. The molecule has 172 valence electrons. The number of benzene rings is 2. The van der Waals surface area contributed by atoms with Crippen LogP contribution in [0.15, 0.2) is 76.6 Å². The molecule has 1 aliphatic heterocycles. The minimum Gasteiger partial charge on any atom is -0.497 e. The summed E-state index contributed by atoms with van der Waals surface area (Å²) in [6.45, 7) is 12.1. The van der Waals surface area contributed by atoms with Crippen LogP contribution < -0.4 is 4.57 Å². The van der Waals surface area contributed by atoms with Gasteiger partial charge >= 0.3 is 0 Å². The van der Waals surface area contributed by atoms with E-state index < -0.39 is 0 Å². The number of rotatable bonds is 2. The van der Waals surface area contributed by atoms with Crippen molar-refractivity contribution in [1.82, 2.24) is 0 Å². The number of para-hydroxylation sites is 1. The van der Waals surface area contributed by atoms with Crippen molar-refractivity contribution in [1.29, 1.82) is 0 Å². The summed E-state index contributed by atoms with van der Waals surface area (Å²) in [6, 6.07) is 17.3. The lowest BCUT2D eigenvalue weighted by Crippen LogP contribution is -2.30. The van der Waals surface area contributed by atoms with Crippen molar-refractivity contribution >= 4 is 27.5 Å². The summed E-state index contributed by atoms with van der Waals surface area (Å²) in [5.41, 5.74) is 9.12. The van der Waals surface area contributed by atoms with E-state index in [1.165, 1.54) is 16.7 Å². The van der Waals surface area contributed by atoms with Gasteiger partial charge in [0.05, 0.1) is 12.2 Å². The number of fused-ring (bicyclic) bond motifs is 3. The summed E-state index contributed by atoms with van der Waals surface area (Å²) < 4.78 is 15.3. The maximum absolute atomic E-state index is 6.82. The Morgan fingerprint density at radius 1 is 0.882 bits per heavy atom. The highest BCUT2D eigenvalue weighted by atomic mass is 16.5. The van der Waals surface area contributed by atoms with E-state index in [-0.39, 0.29) is 10.8 Å². The Kier molecular flexibility index (Phi) is 4.42. The predicted octanol–water partition coefficient (Wildman–Crippen LogP) is 7.51. The van der Waals surface area contributed by atoms with E-state index in [1.807, 2.05) is 0 Å². The third-order valence-corrected chi connectivity index (χ3v) is 7.71. The topological polar surface area (TPSA) is 26.2 Å². The molecule has 3 nitrogen and oxygen atoms in total. The van der Waals surface area contributed by atoms with Crippen LogP contribution in [-0.4, -0.2) is 6.61 Å². The zero-order valence-electron chi connectivity index (χ0n) is 21.0. The molecule has 6 rings (SSSR count). The van der Waals surface area contributed by atoms with Gasteiger partial charge in [0.25, 0.3) is 0 Å². The van der Waals surface area contributed by atoms with Gasteiger partial charge in [0, 0.05) is 39.5 Å². The second-order valence-electron chi connectivity index (χ2n) is 11.1. The van der Waals surface area contributed by atoms with Gasteiger partial charge in [-0.3, -0.25) is 0 Å². The zero-order valence-corrected chi connectivity index (χ0v) is 21.0. The van der Waals surface area contributed by atoms with Crippen LogP contribution in [0.2, 0.25) is 0 Å². The van der Waals surface area contributed by atoms with Crippen LogP contribution >= 0.6 is 0 Å². The lowest BCUT2D eigenvalue weighted by Gasteiger charge is -2.36. The second kappa shape index (κ2) is 7.09. The average molecular weight is 451 g/mol. The molecule has 2 aromatic heterocycles. The SMILES string of the molecule is Cc1ccc2c(oc3c(C4=CC(C)(C)C5=C4C(C)(C)CCO5)cccc32)c1-c1cccc[n+]1C. The fourth-order valence-electron chi connectivity index (χ4n) is 5.89. The van der Waals surface area contributed by atoms with Crippen molar-refractivity contribution < 1.29 is 13.7 Å². The number of allylic oxidation sites excluding steroid dienone is 3. The fourth-order valence-corrected chi connectivity index (χ4v) is 5.89. The molecule has 3 heteroatoms. The molecule has 3 heterocycles. The quantitative estimate of drug-likeness (QED) is 0.295. The van der Waals surface area contributed by atoms with Crippen molar-refractivity contribution in [2.45, 2.75) is 41.0 Å². The standard InChI is InChI=1S/C31H32NO2/c1-19-13-14-22-20-10-9-11-21(23-18-31(4,5)29-26(23)30(2,3)15-17-33-29)27(20)34-28(22)25(19)24-12-7-8-16-32(24)6/h7-14,16,18H,15,17H2,1-6H3/q+1. The van der Waals surface area contributed by atoms with Gasteiger partial charge in [-0.05, 0) is 49.8 Å². The molecule has 2 aromatic carbocycles. The molecule has 0 N–H and O–H groups in total. The molecule has 2 aliphatic rings. The van der Waals surface area contributed by atoms with E-state index in [2.05, 4.69) is 107 Å². The van der Waals surface area contributed by atoms with Gasteiger partial charge in [0.15, 0.2) is 6.20 Å². The molecule has 0 saturated heterocycles. The highest BCUT2D eigenvalue weighted by molar-refractivity contribution is 6.13. The zero-order chi connectivity index (χ0) is 23.8. The Balaban J connectivity index is 1.66. The minimum absolute atomic E-state index is 0.0565. The number of ether oxygens (including phenoxy) is 1. The highest BCUT2D eigenvalue weighted by Crippen LogP contribution is 2.56. The summed E-state index contributed by atoms with van der Waals surface area (Å²) >= 11 is 0. The van der Waals surface area contributed by atoms with Crippen LogP contribution in [-0.2, 0) is 11.8 Å². The maximum atomic E-state index is 6.82. The van der Waals surface area contributed by atoms with Crippen LogP contribution in [0.25, 0.3) is 38.8 Å². The Bertz CT molecular complexity index is 1540. The van der Waals surface area contributed by atoms with E-state index in [0.717, 1.165) is 57.5 Å². The van der Waals surface area contributed by atoms with E-state index in [4.69, 9.17) is 9.15 Å². The monoisotopic (exact) mass is 450 g/mol. The van der Waals surface area contributed by atoms with Gasteiger partial charge in [-0.1, -0.05) is 50.3 Å². The van der Waals surface area contributed by atoms with E-state index in [0.29, 0.717) is 0 Å². The number of hydrogen-bond donors (Lipinski definition) is 0. The molecule has 34 heavy (non-hydrogen) atoms. The van der Waals surface area contributed by atoms with Gasteiger partial charge in [0.2, 0.25) is 5.69 Å². The number of nitrogens with zero attached hydrogens (tertiary/aromatic N) is 1. The highest BCUT2D eigenvalue weighted by Gasteiger charge is 2.44. The van der Waals surface area contributed by atoms with Crippen LogP contribution in [0.5, 0.6) is 0 Å². The third-order valence-electron chi connectivity index (χ3n) is 7.71. The molecule has 0 unspecified atom stereocenters. The van der Waals surface area contributed by atoms with Crippen LogP contribution in [0.1, 0.15) is 45.2 Å². The molecular formula is C31H32NO2+. The Labute approximate surface area is 201 Å². The first kappa shape index (κ1) is 21.2. The van der Waals surface area contributed by atoms with Gasteiger partial charge in [-0.2, -0.15) is 0 Å². The van der Waals surface area contributed by atoms with Crippen LogP contribution in [0.3, 0.4) is 0 Å². The first-order chi connectivity index (χ1) is 16.2. The van der Waals surface area contributed by atoms with Crippen molar-refractivity contribution in [3.8, 4) is 11.3 Å². The van der Waals surface area contributed by atoms with E-state index in [9.17, 15) is 0 Å². The first-order valence-corrected chi connectivity index (χ1v) is 12.2. The molecule has 1 aliphatic carbocycles. The molecule has 0 bridgehead atoms. The fraction of sp³-hybridized carbons (Fsp3) is 0.323. The van der Waals surface area contributed by atoms with Crippen molar-refractivity contribution in [2.75, 3.05) is 6.61 Å². The number of aryl methyl sites for hydroxylation is 2. The summed E-state index contributed by atoms with van der Waals surface area (Å²) in [5, 5.41) is 2.32. The molecule has 4 aromatic rings. The van der Waals surface area contributed by atoms with Gasteiger partial charge in [-0.15, -0.1) is 0 Å². The van der Waals surface area contributed by atoms with Crippen molar-refractivity contribution in [3.63, 3.8) is 0 Å². The molecule has 0 fully saturated rings. The molecule has 0 atom stereocenters. The van der Waals surface area contributed by atoms with Crippen LogP contribution in [0, 0.1) is 17.8 Å². The minimum atomic E-state index is -0.129. The van der Waals surface area contributed by atoms with Crippen LogP contribution in [0.4, 0.5) is 0 Å². The summed E-state index contributed by atoms with van der Waals surface area (Å²) in [5.74, 6) is 1.12. The molecule has 0 spiro atoms. The predicted molar refractivity (Wildman–Crippen MR) is 138 cm³/mol. The number of pyridine rings is 1. The lowest BCUT2D eigenvalue weighted by molar-refractivity contribution is -0.660. The number of hydrogen-bond acceptors (Lipinski definition) is 2. The Hall–Kier alpha value is -3.33. The Morgan fingerprint density at radius 3 is 2.47 bits per heavy atom. The van der Waals surface area contributed by atoms with Gasteiger partial charge in [0.1, 0.15) is 24.0 Å². The van der Waals surface area contributed by atoms with Gasteiger partial charge in [-0.25, -0.2) is 4.57 Å². The molecule has 0 amide bonds. The van der Waals surface area contributed by atoms with Crippen molar-refractivity contribution in [3.05, 3.63) is 83.3 Å². The normalized spacial score (nSPS) is 18.8. The molecular weight excluding hydrogens is 418 g/mol. The first-order valence-electron chi connectivity index (χ1n) is 12.2. The Morgan fingerprint density at radius 2 is 1.68 bits per heavy atom. The summed E-state index contributed by atoms with van der Waals surface area (Å²) in [4.78, 5) is 0. The molecule has 0 saturated carbocycles. The van der Waals surface area contributed by atoms with Crippen molar-refractivity contribution in [2.24, 2.45) is 17.9 Å². The summed E-state index contributed by atoms with van der Waals surface area (Å²) in [7, 11) is 2.09. The average Bonchev–Trinajstić information content (AvgIpc) is 3.29. The smallest absolute Gasteiger partial charge is 0.216 e.